The molecule has 0 aliphatic carbocycles. The minimum Gasteiger partial charge on any atom is -0.352 e. The van der Waals surface area contributed by atoms with Crippen LogP contribution in [-0.2, 0) is 16.1 Å². The highest BCUT2D eigenvalue weighted by atomic mass is 16.2. The second-order valence-corrected chi connectivity index (χ2v) is 6.28. The summed E-state index contributed by atoms with van der Waals surface area (Å²) in [6.07, 6.45) is 5.54. The molecule has 6 heteroatoms. The molecule has 2 amide bonds. The Morgan fingerprint density at radius 1 is 1.07 bits per heavy atom. The number of hydrogen-bond acceptors (Lipinski definition) is 3. The topological polar surface area (TPSA) is 76.0 Å². The van der Waals surface area contributed by atoms with Gasteiger partial charge < -0.3 is 15.2 Å². The summed E-state index contributed by atoms with van der Waals surface area (Å²) in [5.74, 6) is -0.275. The van der Waals surface area contributed by atoms with Crippen molar-refractivity contribution in [1.29, 1.82) is 0 Å². The first-order valence-electron chi connectivity index (χ1n) is 8.78. The monoisotopic (exact) mass is 362 g/mol. The van der Waals surface area contributed by atoms with E-state index in [1.54, 1.807) is 12.5 Å². The van der Waals surface area contributed by atoms with Crippen LogP contribution >= 0.6 is 0 Å². The minimum atomic E-state index is -0.340. The second-order valence-electron chi connectivity index (χ2n) is 6.28. The van der Waals surface area contributed by atoms with Gasteiger partial charge in [-0.25, -0.2) is 4.98 Å². The van der Waals surface area contributed by atoms with E-state index in [1.165, 1.54) is 6.92 Å². The molecule has 1 atom stereocenters. The van der Waals surface area contributed by atoms with Gasteiger partial charge in [-0.15, -0.1) is 0 Å². The summed E-state index contributed by atoms with van der Waals surface area (Å²) in [4.78, 5) is 27.9. The zero-order chi connectivity index (χ0) is 19.1. The van der Waals surface area contributed by atoms with E-state index in [-0.39, 0.29) is 24.3 Å². The molecule has 2 N–H and O–H groups in total. The molecule has 0 aliphatic rings. The summed E-state index contributed by atoms with van der Waals surface area (Å²) in [6, 6.07) is 17.1. The van der Waals surface area contributed by atoms with Gasteiger partial charge in [-0.05, 0) is 23.3 Å². The summed E-state index contributed by atoms with van der Waals surface area (Å²) in [5, 5.41) is 5.76. The average molecular weight is 362 g/mol. The van der Waals surface area contributed by atoms with Crippen LogP contribution in [0.3, 0.4) is 0 Å². The van der Waals surface area contributed by atoms with Crippen LogP contribution in [0.5, 0.6) is 0 Å². The van der Waals surface area contributed by atoms with E-state index in [0.717, 1.165) is 16.8 Å². The van der Waals surface area contributed by atoms with Crippen molar-refractivity contribution in [1.82, 2.24) is 20.2 Å². The van der Waals surface area contributed by atoms with E-state index in [4.69, 9.17) is 0 Å². The van der Waals surface area contributed by atoms with Gasteiger partial charge >= 0.3 is 0 Å². The van der Waals surface area contributed by atoms with Crippen LogP contribution in [0.25, 0.3) is 5.69 Å². The molecule has 0 saturated carbocycles. The largest absolute Gasteiger partial charge is 0.352 e. The number of hydrogen-bond donors (Lipinski definition) is 2. The molecule has 0 radical (unpaired) electrons. The molecule has 3 rings (SSSR count). The van der Waals surface area contributed by atoms with Crippen molar-refractivity contribution < 1.29 is 9.59 Å². The van der Waals surface area contributed by atoms with E-state index in [2.05, 4.69) is 15.6 Å². The number of carbonyl (C=O) groups excluding carboxylic acids is 2. The highest BCUT2D eigenvalue weighted by Crippen LogP contribution is 2.16. The predicted octanol–water partition coefficient (Wildman–Crippen LogP) is 2.76. The molecule has 0 bridgehead atoms. The van der Waals surface area contributed by atoms with Crippen molar-refractivity contribution in [2.24, 2.45) is 0 Å². The second kappa shape index (κ2) is 8.80. The van der Waals surface area contributed by atoms with Crippen LogP contribution < -0.4 is 10.6 Å². The number of aromatic nitrogens is 2. The highest BCUT2D eigenvalue weighted by Gasteiger charge is 2.16. The molecule has 138 valence electrons. The summed E-state index contributed by atoms with van der Waals surface area (Å²) < 4.78 is 1.92. The van der Waals surface area contributed by atoms with Gasteiger partial charge in [-0.1, -0.05) is 42.5 Å². The fourth-order valence-corrected chi connectivity index (χ4v) is 2.84. The maximum absolute atomic E-state index is 12.4. The van der Waals surface area contributed by atoms with Gasteiger partial charge in [-0.2, -0.15) is 0 Å². The third-order valence-corrected chi connectivity index (χ3v) is 4.20. The van der Waals surface area contributed by atoms with Crippen LogP contribution in [0.4, 0.5) is 0 Å². The lowest BCUT2D eigenvalue weighted by Gasteiger charge is -2.18. The Balaban J connectivity index is 1.57. The smallest absolute Gasteiger partial charge is 0.222 e. The fraction of sp³-hybridized carbons (Fsp3) is 0.190. The Morgan fingerprint density at radius 3 is 2.44 bits per heavy atom. The van der Waals surface area contributed by atoms with Crippen molar-refractivity contribution >= 4 is 11.8 Å². The minimum absolute atomic E-state index is 0.115. The molecule has 0 spiro atoms. The molecule has 0 aliphatic heterocycles. The molecular weight excluding hydrogens is 340 g/mol. The third-order valence-electron chi connectivity index (χ3n) is 4.20. The molecule has 0 fully saturated rings. The van der Waals surface area contributed by atoms with Crippen molar-refractivity contribution in [2.75, 3.05) is 0 Å². The first-order valence-corrected chi connectivity index (χ1v) is 8.78. The molecule has 27 heavy (non-hydrogen) atoms. The Kier molecular flexibility index (Phi) is 5.99. The summed E-state index contributed by atoms with van der Waals surface area (Å²) in [5.41, 5.74) is 2.92. The molecule has 3 aromatic rings. The van der Waals surface area contributed by atoms with Crippen molar-refractivity contribution in [3.05, 3.63) is 84.4 Å². The summed E-state index contributed by atoms with van der Waals surface area (Å²) >= 11 is 0. The molecule has 1 aromatic heterocycles. The van der Waals surface area contributed by atoms with Gasteiger partial charge in [0.15, 0.2) is 0 Å². The summed E-state index contributed by atoms with van der Waals surface area (Å²) in [6.45, 7) is 1.89. The van der Waals surface area contributed by atoms with Gasteiger partial charge in [0, 0.05) is 31.5 Å². The maximum Gasteiger partial charge on any atom is 0.222 e. The lowest BCUT2D eigenvalue weighted by Crippen LogP contribution is -2.32. The molecule has 1 heterocycles. The fourth-order valence-electron chi connectivity index (χ4n) is 2.84. The molecule has 1 unspecified atom stereocenters. The average Bonchev–Trinajstić information content (AvgIpc) is 3.21. The first-order chi connectivity index (χ1) is 13.1. The summed E-state index contributed by atoms with van der Waals surface area (Å²) in [7, 11) is 0. The standard InChI is InChI=1S/C21H22N4O2/c1-16(26)24-20(18-5-3-2-4-6-18)13-21(27)23-14-17-7-9-19(10-8-17)25-12-11-22-15-25/h2-12,15,20H,13-14H2,1H3,(H,23,27)(H,24,26). The van der Waals surface area contributed by atoms with Crippen molar-refractivity contribution in [2.45, 2.75) is 25.9 Å². The maximum atomic E-state index is 12.4. The lowest BCUT2D eigenvalue weighted by molar-refractivity contribution is -0.122. The SMILES string of the molecule is CC(=O)NC(CC(=O)NCc1ccc(-n2ccnc2)cc1)c1ccccc1. The number of rotatable bonds is 7. The Morgan fingerprint density at radius 2 is 1.81 bits per heavy atom. The van der Waals surface area contributed by atoms with Gasteiger partial charge in [0.1, 0.15) is 0 Å². The Hall–Kier alpha value is -3.41. The van der Waals surface area contributed by atoms with Crippen LogP contribution in [-0.4, -0.2) is 21.4 Å². The van der Waals surface area contributed by atoms with Crippen LogP contribution in [0.15, 0.2) is 73.3 Å². The molecule has 0 saturated heterocycles. The zero-order valence-electron chi connectivity index (χ0n) is 15.1. The van der Waals surface area contributed by atoms with E-state index in [1.807, 2.05) is 65.4 Å². The number of imidazole rings is 1. The highest BCUT2D eigenvalue weighted by molar-refractivity contribution is 5.79. The number of carbonyl (C=O) groups is 2. The predicted molar refractivity (Wildman–Crippen MR) is 103 cm³/mol. The number of benzene rings is 2. The van der Waals surface area contributed by atoms with Gasteiger partial charge in [-0.3, -0.25) is 9.59 Å². The quantitative estimate of drug-likeness (QED) is 0.679. The molecule has 6 nitrogen and oxygen atoms in total. The van der Waals surface area contributed by atoms with Gasteiger partial charge in [0.05, 0.1) is 18.8 Å². The Bertz CT molecular complexity index is 874. The van der Waals surface area contributed by atoms with E-state index in [0.29, 0.717) is 6.54 Å². The normalized spacial score (nSPS) is 11.6. The third kappa shape index (κ3) is 5.28. The van der Waals surface area contributed by atoms with Crippen LogP contribution in [0, 0.1) is 0 Å². The van der Waals surface area contributed by atoms with E-state index < -0.39 is 0 Å². The number of amides is 2. The van der Waals surface area contributed by atoms with E-state index >= 15 is 0 Å². The Labute approximate surface area is 158 Å². The van der Waals surface area contributed by atoms with Crippen LogP contribution in [0.1, 0.15) is 30.5 Å². The lowest BCUT2D eigenvalue weighted by atomic mass is 10.0. The zero-order valence-corrected chi connectivity index (χ0v) is 15.1. The number of nitrogens with zero attached hydrogens (tertiary/aromatic N) is 2. The number of nitrogens with one attached hydrogen (secondary N) is 2. The van der Waals surface area contributed by atoms with Gasteiger partial charge in [0.25, 0.3) is 0 Å². The van der Waals surface area contributed by atoms with Crippen molar-refractivity contribution in [3.8, 4) is 5.69 Å². The molecule has 2 aromatic carbocycles. The van der Waals surface area contributed by atoms with Gasteiger partial charge in [0.2, 0.25) is 11.8 Å². The van der Waals surface area contributed by atoms with Crippen molar-refractivity contribution in [3.63, 3.8) is 0 Å². The molecular formula is C21H22N4O2. The van der Waals surface area contributed by atoms with E-state index in [9.17, 15) is 9.59 Å². The van der Waals surface area contributed by atoms with Crippen LogP contribution in [0.2, 0.25) is 0 Å². The first kappa shape index (κ1) is 18.4.